The second-order valence-corrected chi connectivity index (χ2v) is 5.99. The molecular formula is C12H18N2O5S. The number of unbranched alkanes of at least 4 members (excludes halogenated alkanes) is 1. The highest BCUT2D eigenvalue weighted by atomic mass is 32.2. The average molecular weight is 302 g/mol. The lowest BCUT2D eigenvalue weighted by atomic mass is 10.2. The second kappa shape index (κ2) is 7.93. The van der Waals surface area contributed by atoms with Gasteiger partial charge in [-0.15, -0.1) is 0 Å². The summed E-state index contributed by atoms with van der Waals surface area (Å²) in [6.45, 7) is 0.246. The molecule has 0 spiro atoms. The summed E-state index contributed by atoms with van der Waals surface area (Å²) in [4.78, 5) is 15.5. The maximum absolute atomic E-state index is 11.7. The molecule has 0 saturated heterocycles. The topological polar surface area (TPSA) is 106 Å². The number of sulfonamides is 1. The summed E-state index contributed by atoms with van der Waals surface area (Å²) in [5, 5.41) is 8.83. The van der Waals surface area contributed by atoms with Gasteiger partial charge in [0.2, 0.25) is 10.0 Å². The van der Waals surface area contributed by atoms with E-state index in [1.54, 1.807) is 7.11 Å². The lowest BCUT2D eigenvalue weighted by Crippen LogP contribution is -2.32. The van der Waals surface area contributed by atoms with Crippen LogP contribution in [0.1, 0.15) is 28.9 Å². The first-order valence-electron chi connectivity index (χ1n) is 6.08. The maximum atomic E-state index is 11.7. The van der Waals surface area contributed by atoms with Crippen LogP contribution in [0.15, 0.2) is 18.3 Å². The summed E-state index contributed by atoms with van der Waals surface area (Å²) < 4.78 is 30.1. The Bertz CT molecular complexity index is 527. The standard InChI is InChI=1S/C12H18N2O5S/c1-19-6-2-3-7-20(17,18)14-12(16)10-4-5-11(9-15)13-8-10/h4-5,8,15H,2-3,6-7,9H2,1H3,(H,14,16). The van der Waals surface area contributed by atoms with Crippen molar-refractivity contribution in [3.63, 3.8) is 0 Å². The minimum Gasteiger partial charge on any atom is -0.390 e. The van der Waals surface area contributed by atoms with Crippen LogP contribution in [0.5, 0.6) is 0 Å². The van der Waals surface area contributed by atoms with Gasteiger partial charge in [0, 0.05) is 19.9 Å². The van der Waals surface area contributed by atoms with Gasteiger partial charge in [-0.05, 0) is 25.0 Å². The summed E-state index contributed by atoms with van der Waals surface area (Å²) >= 11 is 0. The molecule has 20 heavy (non-hydrogen) atoms. The Morgan fingerprint density at radius 2 is 2.15 bits per heavy atom. The number of pyridine rings is 1. The van der Waals surface area contributed by atoms with E-state index < -0.39 is 15.9 Å². The molecule has 0 aliphatic carbocycles. The molecule has 1 aromatic heterocycles. The fourth-order valence-corrected chi connectivity index (χ4v) is 2.53. The number of rotatable bonds is 8. The number of hydrogen-bond acceptors (Lipinski definition) is 6. The molecule has 0 bridgehead atoms. The fraction of sp³-hybridized carbons (Fsp3) is 0.500. The van der Waals surface area contributed by atoms with Crippen LogP contribution < -0.4 is 4.72 Å². The van der Waals surface area contributed by atoms with Crippen molar-refractivity contribution in [2.45, 2.75) is 19.4 Å². The lowest BCUT2D eigenvalue weighted by Gasteiger charge is -2.07. The van der Waals surface area contributed by atoms with Crippen LogP contribution in [0, 0.1) is 0 Å². The predicted molar refractivity (Wildman–Crippen MR) is 72.5 cm³/mol. The van der Waals surface area contributed by atoms with Gasteiger partial charge in [0.25, 0.3) is 5.91 Å². The quantitative estimate of drug-likeness (QED) is 0.658. The van der Waals surface area contributed by atoms with Gasteiger partial charge in [-0.25, -0.2) is 13.1 Å². The second-order valence-electron chi connectivity index (χ2n) is 4.15. The highest BCUT2D eigenvalue weighted by molar-refractivity contribution is 7.90. The monoisotopic (exact) mass is 302 g/mol. The van der Waals surface area contributed by atoms with Crippen molar-refractivity contribution in [1.29, 1.82) is 0 Å². The molecule has 0 fully saturated rings. The molecule has 0 aliphatic rings. The molecule has 1 heterocycles. The van der Waals surface area contributed by atoms with Crippen molar-refractivity contribution in [3.05, 3.63) is 29.6 Å². The Morgan fingerprint density at radius 3 is 2.70 bits per heavy atom. The number of aromatic nitrogens is 1. The molecule has 1 amide bonds. The Hall–Kier alpha value is -1.51. The molecule has 0 atom stereocenters. The third-order valence-electron chi connectivity index (χ3n) is 2.51. The summed E-state index contributed by atoms with van der Waals surface area (Å²) in [5.41, 5.74) is 0.534. The number of carbonyl (C=O) groups is 1. The van der Waals surface area contributed by atoms with E-state index in [-0.39, 0.29) is 17.9 Å². The van der Waals surface area contributed by atoms with Gasteiger partial charge in [0.1, 0.15) is 0 Å². The molecule has 0 unspecified atom stereocenters. The normalized spacial score (nSPS) is 11.3. The van der Waals surface area contributed by atoms with Crippen molar-refractivity contribution < 1.29 is 23.1 Å². The van der Waals surface area contributed by atoms with Crippen molar-refractivity contribution in [1.82, 2.24) is 9.71 Å². The van der Waals surface area contributed by atoms with Crippen LogP contribution >= 0.6 is 0 Å². The minimum absolute atomic E-state index is 0.127. The number of nitrogens with one attached hydrogen (secondary N) is 1. The zero-order valence-electron chi connectivity index (χ0n) is 11.2. The molecule has 7 nitrogen and oxygen atoms in total. The number of ether oxygens (including phenoxy) is 1. The number of aliphatic hydroxyl groups is 1. The number of methoxy groups -OCH3 is 1. The molecule has 0 saturated carbocycles. The minimum atomic E-state index is -3.66. The number of hydrogen-bond donors (Lipinski definition) is 2. The first kappa shape index (κ1) is 16.5. The summed E-state index contributed by atoms with van der Waals surface area (Å²) in [6, 6.07) is 2.87. The molecule has 0 radical (unpaired) electrons. The van der Waals surface area contributed by atoms with Crippen LogP contribution in [0.25, 0.3) is 0 Å². The summed E-state index contributed by atoms with van der Waals surface area (Å²) in [6.07, 6.45) is 2.25. The number of carbonyl (C=O) groups excluding carboxylic acids is 1. The van der Waals surface area contributed by atoms with Gasteiger partial charge in [-0.2, -0.15) is 0 Å². The number of aliphatic hydroxyl groups excluding tert-OH is 1. The number of amides is 1. The fourth-order valence-electron chi connectivity index (χ4n) is 1.44. The van der Waals surface area contributed by atoms with E-state index in [2.05, 4.69) is 4.98 Å². The SMILES string of the molecule is COCCCCS(=O)(=O)NC(=O)c1ccc(CO)nc1. The molecule has 112 valence electrons. The molecule has 2 N–H and O–H groups in total. The van der Waals surface area contributed by atoms with E-state index in [9.17, 15) is 13.2 Å². The lowest BCUT2D eigenvalue weighted by molar-refractivity contribution is 0.0981. The van der Waals surface area contributed by atoms with Crippen LogP contribution in [0.3, 0.4) is 0 Å². The van der Waals surface area contributed by atoms with Crippen molar-refractivity contribution in [2.75, 3.05) is 19.5 Å². The molecule has 0 aliphatic heterocycles. The van der Waals surface area contributed by atoms with E-state index in [0.29, 0.717) is 25.1 Å². The average Bonchev–Trinajstić information content (AvgIpc) is 2.43. The van der Waals surface area contributed by atoms with E-state index in [4.69, 9.17) is 9.84 Å². The Morgan fingerprint density at radius 1 is 1.40 bits per heavy atom. The smallest absolute Gasteiger partial charge is 0.266 e. The van der Waals surface area contributed by atoms with Crippen LogP contribution in [0.2, 0.25) is 0 Å². The van der Waals surface area contributed by atoms with Gasteiger partial charge in [0.15, 0.2) is 0 Å². The zero-order valence-corrected chi connectivity index (χ0v) is 12.0. The summed E-state index contributed by atoms with van der Waals surface area (Å²) in [7, 11) is -2.12. The Kier molecular flexibility index (Phi) is 6.56. The van der Waals surface area contributed by atoms with Crippen molar-refractivity contribution >= 4 is 15.9 Å². The third kappa shape index (κ3) is 5.64. The van der Waals surface area contributed by atoms with Crippen LogP contribution in [-0.4, -0.2) is 43.9 Å². The zero-order chi connectivity index (χ0) is 15.0. The van der Waals surface area contributed by atoms with Crippen molar-refractivity contribution in [2.24, 2.45) is 0 Å². The highest BCUT2D eigenvalue weighted by Crippen LogP contribution is 2.02. The van der Waals surface area contributed by atoms with Gasteiger partial charge in [-0.3, -0.25) is 9.78 Å². The summed E-state index contributed by atoms with van der Waals surface area (Å²) in [5.74, 6) is -0.863. The number of nitrogens with zero attached hydrogens (tertiary/aromatic N) is 1. The molecule has 1 rings (SSSR count). The molecule has 8 heteroatoms. The van der Waals surface area contributed by atoms with E-state index in [1.165, 1.54) is 18.3 Å². The molecular weight excluding hydrogens is 284 g/mol. The first-order valence-corrected chi connectivity index (χ1v) is 7.73. The van der Waals surface area contributed by atoms with E-state index in [1.807, 2.05) is 4.72 Å². The Balaban J connectivity index is 2.55. The Labute approximate surface area is 118 Å². The van der Waals surface area contributed by atoms with Crippen molar-refractivity contribution in [3.8, 4) is 0 Å². The van der Waals surface area contributed by atoms with Gasteiger partial charge < -0.3 is 9.84 Å². The third-order valence-corrected chi connectivity index (χ3v) is 3.83. The van der Waals surface area contributed by atoms with E-state index in [0.717, 1.165) is 0 Å². The maximum Gasteiger partial charge on any atom is 0.266 e. The highest BCUT2D eigenvalue weighted by Gasteiger charge is 2.15. The van der Waals surface area contributed by atoms with Gasteiger partial charge >= 0.3 is 0 Å². The first-order chi connectivity index (χ1) is 9.48. The van der Waals surface area contributed by atoms with Gasteiger partial charge in [0.05, 0.1) is 23.6 Å². The predicted octanol–water partition coefficient (Wildman–Crippen LogP) is 0.0601. The van der Waals surface area contributed by atoms with Crippen LogP contribution in [0.4, 0.5) is 0 Å². The van der Waals surface area contributed by atoms with Gasteiger partial charge in [-0.1, -0.05) is 0 Å². The largest absolute Gasteiger partial charge is 0.390 e. The van der Waals surface area contributed by atoms with E-state index >= 15 is 0 Å². The molecule has 1 aromatic rings. The van der Waals surface area contributed by atoms with Crippen LogP contribution in [-0.2, 0) is 21.4 Å². The molecule has 0 aromatic carbocycles.